The number of fused-ring (bicyclic) bond motifs is 4. The molecule has 0 unspecified atom stereocenters. The molecule has 5 aromatic rings. The van der Waals surface area contributed by atoms with E-state index in [-0.39, 0.29) is 17.2 Å². The van der Waals surface area contributed by atoms with Crippen LogP contribution in [0.25, 0.3) is 31.0 Å². The first-order valence-electron chi connectivity index (χ1n) is 12.5. The van der Waals surface area contributed by atoms with Crippen molar-refractivity contribution in [3.8, 4) is 10.6 Å². The topological polar surface area (TPSA) is 76.9 Å². The summed E-state index contributed by atoms with van der Waals surface area (Å²) in [6.07, 6.45) is 4.29. The van der Waals surface area contributed by atoms with Crippen molar-refractivity contribution >= 4 is 66.5 Å². The second kappa shape index (κ2) is 10.0. The van der Waals surface area contributed by atoms with Crippen molar-refractivity contribution in [2.24, 2.45) is 0 Å². The molecule has 0 radical (unpaired) electrons. The van der Waals surface area contributed by atoms with Crippen LogP contribution in [0, 0.1) is 6.92 Å². The van der Waals surface area contributed by atoms with Crippen LogP contribution in [0.15, 0.2) is 52.4 Å². The van der Waals surface area contributed by atoms with Crippen LogP contribution >= 0.6 is 34.4 Å². The lowest BCUT2D eigenvalue weighted by Crippen LogP contribution is -2.24. The maximum atomic E-state index is 13.3. The van der Waals surface area contributed by atoms with E-state index in [4.69, 9.17) is 9.97 Å². The van der Waals surface area contributed by atoms with E-state index in [1.807, 2.05) is 37.3 Å². The fraction of sp³-hybridized carbons (Fsp3) is 0.286. The first-order chi connectivity index (χ1) is 18.0. The summed E-state index contributed by atoms with van der Waals surface area (Å²) in [4.78, 5) is 37.7. The van der Waals surface area contributed by atoms with Crippen LogP contribution in [0.4, 0.5) is 5.69 Å². The van der Waals surface area contributed by atoms with Gasteiger partial charge in [-0.3, -0.25) is 14.2 Å². The van der Waals surface area contributed by atoms with Crippen LogP contribution in [0.1, 0.15) is 35.8 Å². The van der Waals surface area contributed by atoms with E-state index in [0.717, 1.165) is 51.3 Å². The molecule has 0 bridgehead atoms. The van der Waals surface area contributed by atoms with E-state index < -0.39 is 0 Å². The molecule has 0 saturated carbocycles. The van der Waals surface area contributed by atoms with Crippen molar-refractivity contribution in [2.75, 3.05) is 11.1 Å². The summed E-state index contributed by atoms with van der Waals surface area (Å²) >= 11 is 4.63. The molecule has 0 atom stereocenters. The molecule has 3 aromatic heterocycles. The molecule has 0 saturated heterocycles. The average Bonchev–Trinajstić information content (AvgIpc) is 3.49. The Hall–Kier alpha value is -3.01. The van der Waals surface area contributed by atoms with Crippen molar-refractivity contribution < 1.29 is 4.79 Å². The van der Waals surface area contributed by atoms with Gasteiger partial charge in [0.25, 0.3) is 5.56 Å². The van der Waals surface area contributed by atoms with Crippen LogP contribution in [0.5, 0.6) is 0 Å². The second-order valence-electron chi connectivity index (χ2n) is 9.24. The van der Waals surface area contributed by atoms with E-state index >= 15 is 0 Å². The summed E-state index contributed by atoms with van der Waals surface area (Å²) in [5.74, 6) is 0.0536. The number of hydrogen-bond acceptors (Lipinski definition) is 7. The highest BCUT2D eigenvalue weighted by Crippen LogP contribution is 2.35. The predicted octanol–water partition coefficient (Wildman–Crippen LogP) is 6.67. The molecule has 6 nitrogen and oxygen atoms in total. The first-order valence-corrected chi connectivity index (χ1v) is 15.1. The summed E-state index contributed by atoms with van der Waals surface area (Å²) in [5.41, 5.74) is 5.20. The third kappa shape index (κ3) is 4.71. The smallest absolute Gasteiger partial charge is 0.263 e. The molecule has 1 amide bonds. The van der Waals surface area contributed by atoms with Gasteiger partial charge >= 0.3 is 0 Å². The summed E-state index contributed by atoms with van der Waals surface area (Å²) in [5, 5.41) is 5.32. The molecule has 37 heavy (non-hydrogen) atoms. The van der Waals surface area contributed by atoms with E-state index in [9.17, 15) is 9.59 Å². The van der Waals surface area contributed by atoms with Gasteiger partial charge in [-0.2, -0.15) is 0 Å². The summed E-state index contributed by atoms with van der Waals surface area (Å²) in [6, 6.07) is 14.0. The van der Waals surface area contributed by atoms with Gasteiger partial charge < -0.3 is 5.32 Å². The predicted molar refractivity (Wildman–Crippen MR) is 155 cm³/mol. The van der Waals surface area contributed by atoms with Crippen LogP contribution in [0.3, 0.4) is 0 Å². The standard InChI is InChI=1S/C28H26N4O2S3/c1-3-32-27(34)24-19-6-4-5-7-21(19)36-26(24)31-28(32)35-15-23(33)29-18-11-9-17(10-12-18)25-30-20-13-8-16(2)14-22(20)37-25/h8-14H,3-7,15H2,1-2H3,(H,29,33). The van der Waals surface area contributed by atoms with Crippen LogP contribution < -0.4 is 10.9 Å². The number of thioether (sulfide) groups is 1. The number of aryl methyl sites for hydroxylation is 3. The first kappa shape index (κ1) is 24.3. The molecule has 0 spiro atoms. The molecular weight excluding hydrogens is 521 g/mol. The van der Waals surface area contributed by atoms with E-state index in [1.165, 1.54) is 38.9 Å². The minimum atomic E-state index is -0.129. The number of thiazole rings is 1. The Morgan fingerprint density at radius 1 is 1.08 bits per heavy atom. The SMILES string of the molecule is CCn1c(SCC(=O)Nc2ccc(-c3nc4ccc(C)cc4s3)cc2)nc2sc3c(c2c1=O)CCCC3. The molecule has 0 aliphatic heterocycles. The van der Waals surface area contributed by atoms with Gasteiger partial charge in [0.2, 0.25) is 5.91 Å². The second-order valence-corrected chi connectivity index (χ2v) is 12.3. The van der Waals surface area contributed by atoms with E-state index in [2.05, 4.69) is 24.4 Å². The molecule has 1 aliphatic rings. The quantitative estimate of drug-likeness (QED) is 0.190. The van der Waals surface area contributed by atoms with E-state index in [1.54, 1.807) is 27.2 Å². The Labute approximate surface area is 226 Å². The van der Waals surface area contributed by atoms with Crippen LogP contribution in [-0.2, 0) is 24.2 Å². The summed E-state index contributed by atoms with van der Waals surface area (Å²) in [6.45, 7) is 4.56. The number of nitrogens with one attached hydrogen (secondary N) is 1. The molecule has 6 rings (SSSR count). The zero-order valence-corrected chi connectivity index (χ0v) is 23.1. The summed E-state index contributed by atoms with van der Waals surface area (Å²) in [7, 11) is 0. The zero-order valence-electron chi connectivity index (χ0n) is 20.7. The monoisotopic (exact) mass is 546 g/mol. The van der Waals surface area contributed by atoms with Gasteiger partial charge in [-0.05, 0) is 87.1 Å². The van der Waals surface area contributed by atoms with Crippen molar-refractivity contribution in [2.45, 2.75) is 51.2 Å². The third-order valence-corrected chi connectivity index (χ3v) is 9.88. The Balaban J connectivity index is 1.15. The van der Waals surface area contributed by atoms with Crippen molar-refractivity contribution in [1.29, 1.82) is 0 Å². The van der Waals surface area contributed by atoms with Gasteiger partial charge in [0.15, 0.2) is 5.16 Å². The molecule has 3 heterocycles. The number of benzene rings is 2. The fourth-order valence-corrected chi connectivity index (χ4v) is 8.02. The Kier molecular flexibility index (Phi) is 6.60. The Bertz CT molecular complexity index is 1700. The number of anilines is 1. The maximum Gasteiger partial charge on any atom is 0.263 e. The van der Waals surface area contributed by atoms with Crippen LogP contribution in [-0.4, -0.2) is 26.2 Å². The normalized spacial score (nSPS) is 13.2. The highest BCUT2D eigenvalue weighted by Gasteiger charge is 2.22. The highest BCUT2D eigenvalue weighted by atomic mass is 32.2. The Morgan fingerprint density at radius 2 is 1.89 bits per heavy atom. The number of amides is 1. The zero-order chi connectivity index (χ0) is 25.5. The fourth-order valence-electron chi connectivity index (χ4n) is 4.79. The van der Waals surface area contributed by atoms with E-state index in [0.29, 0.717) is 11.7 Å². The van der Waals surface area contributed by atoms with Gasteiger partial charge in [-0.1, -0.05) is 17.8 Å². The van der Waals surface area contributed by atoms with Crippen LogP contribution in [0.2, 0.25) is 0 Å². The lowest BCUT2D eigenvalue weighted by molar-refractivity contribution is -0.113. The van der Waals surface area contributed by atoms with Crippen molar-refractivity contribution in [1.82, 2.24) is 14.5 Å². The number of rotatable bonds is 6. The average molecular weight is 547 g/mol. The minimum Gasteiger partial charge on any atom is -0.325 e. The number of thiophene rings is 1. The Morgan fingerprint density at radius 3 is 2.70 bits per heavy atom. The number of carbonyl (C=O) groups is 1. The largest absolute Gasteiger partial charge is 0.325 e. The lowest BCUT2D eigenvalue weighted by atomic mass is 9.97. The van der Waals surface area contributed by atoms with Crippen molar-refractivity contribution in [3.05, 3.63) is 68.8 Å². The number of hydrogen-bond donors (Lipinski definition) is 1. The molecule has 0 fully saturated rings. The molecule has 9 heteroatoms. The molecule has 1 N–H and O–H groups in total. The van der Waals surface area contributed by atoms with Gasteiger partial charge in [-0.25, -0.2) is 9.97 Å². The minimum absolute atomic E-state index is 0.0235. The van der Waals surface area contributed by atoms with Gasteiger partial charge in [0, 0.05) is 22.7 Å². The number of nitrogens with zero attached hydrogens (tertiary/aromatic N) is 3. The van der Waals surface area contributed by atoms with Gasteiger partial charge in [-0.15, -0.1) is 22.7 Å². The number of aromatic nitrogens is 3. The molecule has 1 aliphatic carbocycles. The highest BCUT2D eigenvalue weighted by molar-refractivity contribution is 7.99. The van der Waals surface area contributed by atoms with Gasteiger partial charge in [0.1, 0.15) is 9.84 Å². The lowest BCUT2D eigenvalue weighted by Gasteiger charge is -2.12. The molecule has 188 valence electrons. The molecule has 2 aromatic carbocycles. The molecular formula is C28H26N4O2S3. The van der Waals surface area contributed by atoms with Gasteiger partial charge in [0.05, 0.1) is 21.4 Å². The maximum absolute atomic E-state index is 13.3. The number of carbonyl (C=O) groups excluding carboxylic acids is 1. The third-order valence-electron chi connectivity index (χ3n) is 6.65. The van der Waals surface area contributed by atoms with Crippen molar-refractivity contribution in [3.63, 3.8) is 0 Å². The summed E-state index contributed by atoms with van der Waals surface area (Å²) < 4.78 is 2.88.